The van der Waals surface area contributed by atoms with Crippen molar-refractivity contribution >= 4 is 23.8 Å². The molecule has 13 heteroatoms. The van der Waals surface area contributed by atoms with E-state index in [1.165, 1.54) is 13.8 Å². The Morgan fingerprint density at radius 1 is 0.963 bits per heavy atom. The van der Waals surface area contributed by atoms with Crippen molar-refractivity contribution in [1.29, 1.82) is 0 Å². The first kappa shape index (κ1) is 39.6. The number of amides is 1. The lowest BCUT2D eigenvalue weighted by molar-refractivity contribution is -0.345. The molecule has 3 aliphatic carbocycles. The van der Waals surface area contributed by atoms with Gasteiger partial charge in [-0.15, -0.1) is 0 Å². The van der Waals surface area contributed by atoms with Crippen LogP contribution in [0.15, 0.2) is 71.8 Å². The minimum absolute atomic E-state index is 0.0281. The van der Waals surface area contributed by atoms with Gasteiger partial charge >= 0.3 is 17.9 Å². The predicted molar refractivity (Wildman–Crippen MR) is 192 cm³/mol. The van der Waals surface area contributed by atoms with Crippen LogP contribution in [0.1, 0.15) is 83.3 Å². The first-order valence-corrected chi connectivity index (χ1v) is 18.4. The van der Waals surface area contributed by atoms with Crippen molar-refractivity contribution < 1.29 is 58.6 Å². The van der Waals surface area contributed by atoms with E-state index in [0.29, 0.717) is 22.3 Å². The molecule has 0 spiro atoms. The lowest BCUT2D eigenvalue weighted by Crippen LogP contribution is -2.77. The molecule has 1 heterocycles. The molecule has 2 saturated carbocycles. The zero-order valence-electron chi connectivity index (χ0n) is 31.6. The predicted octanol–water partition coefficient (Wildman–Crippen LogP) is 2.94. The summed E-state index contributed by atoms with van der Waals surface area (Å²) < 4.78 is 24.0. The summed E-state index contributed by atoms with van der Waals surface area (Å²) in [6, 6.07) is 15.6. The lowest BCUT2D eigenvalue weighted by Gasteiger charge is -2.65. The summed E-state index contributed by atoms with van der Waals surface area (Å²) in [6.45, 7) is 10.7. The zero-order chi connectivity index (χ0) is 39.5. The van der Waals surface area contributed by atoms with Crippen LogP contribution in [0.3, 0.4) is 0 Å². The second kappa shape index (κ2) is 14.2. The highest BCUT2D eigenvalue weighted by Crippen LogP contribution is 2.69. The third-order valence-electron chi connectivity index (χ3n) is 12.8. The molecule has 1 saturated heterocycles. The van der Waals surface area contributed by atoms with E-state index in [1.54, 1.807) is 88.4 Å². The summed E-state index contributed by atoms with van der Waals surface area (Å²) >= 11 is 0. The second-order valence-electron chi connectivity index (χ2n) is 16.1. The Kier molecular flexibility index (Phi) is 10.4. The molecular formula is C41H51NO12. The second-order valence-corrected chi connectivity index (χ2v) is 16.1. The minimum atomic E-state index is -1.88. The number of rotatable bonds is 9. The van der Waals surface area contributed by atoms with E-state index in [9.17, 15) is 39.6 Å². The van der Waals surface area contributed by atoms with Gasteiger partial charge in [0.15, 0.2) is 17.8 Å². The smallest absolute Gasteiger partial charge is 0.338 e. The normalized spacial score (nSPS) is 35.5. The van der Waals surface area contributed by atoms with Crippen molar-refractivity contribution in [3.05, 3.63) is 82.9 Å². The number of nitrogens with one attached hydrogen (secondary N) is 1. The van der Waals surface area contributed by atoms with Crippen molar-refractivity contribution in [2.75, 3.05) is 6.61 Å². The van der Waals surface area contributed by atoms with Gasteiger partial charge in [0.05, 0.1) is 24.4 Å². The molecule has 5 N–H and O–H groups in total. The Morgan fingerprint density at radius 2 is 1.57 bits per heavy atom. The molecule has 2 aromatic carbocycles. The Bertz CT molecular complexity index is 1810. The number of aliphatic hydroxyl groups excluding tert-OH is 3. The number of hydrogen-bond acceptors (Lipinski definition) is 12. The summed E-state index contributed by atoms with van der Waals surface area (Å²) in [5.41, 5.74) is -4.41. The Balaban J connectivity index is 1.44. The third kappa shape index (κ3) is 6.14. The number of fused-ring (bicyclic) bond motifs is 4. The molecule has 0 aromatic heterocycles. The van der Waals surface area contributed by atoms with Crippen LogP contribution in [0, 0.1) is 22.7 Å². The van der Waals surface area contributed by atoms with Gasteiger partial charge < -0.3 is 44.7 Å². The van der Waals surface area contributed by atoms with Crippen LogP contribution in [-0.2, 0) is 33.3 Å². The molecule has 13 nitrogen and oxygen atoms in total. The van der Waals surface area contributed by atoms with Crippen LogP contribution in [0.5, 0.6) is 0 Å². The minimum Gasteiger partial charge on any atom is -0.456 e. The van der Waals surface area contributed by atoms with Gasteiger partial charge in [0, 0.05) is 49.0 Å². The molecule has 1 amide bonds. The number of hydrogen-bond donors (Lipinski definition) is 5. The van der Waals surface area contributed by atoms with E-state index in [4.69, 9.17) is 18.9 Å². The summed E-state index contributed by atoms with van der Waals surface area (Å²) in [5.74, 6) is -4.52. The van der Waals surface area contributed by atoms with Crippen molar-refractivity contribution in [1.82, 2.24) is 5.32 Å². The molecule has 292 valence electrons. The van der Waals surface area contributed by atoms with Crippen LogP contribution < -0.4 is 5.32 Å². The molecule has 4 aliphatic rings. The highest BCUT2D eigenvalue weighted by molar-refractivity contribution is 5.95. The van der Waals surface area contributed by atoms with Crippen LogP contribution in [-0.4, -0.2) is 98.7 Å². The summed E-state index contributed by atoms with van der Waals surface area (Å²) in [5, 5.41) is 51.0. The highest BCUT2D eigenvalue weighted by Gasteiger charge is 2.77. The Morgan fingerprint density at radius 3 is 2.11 bits per heavy atom. The number of ether oxygens (including phenoxy) is 4. The quantitative estimate of drug-likeness (QED) is 0.143. The molecular weight excluding hydrogens is 698 g/mol. The van der Waals surface area contributed by atoms with Crippen molar-refractivity contribution in [2.45, 2.75) is 115 Å². The zero-order valence-corrected chi connectivity index (χ0v) is 31.6. The average molecular weight is 750 g/mol. The molecule has 3 fully saturated rings. The van der Waals surface area contributed by atoms with Gasteiger partial charge in [-0.3, -0.25) is 14.4 Å². The maximum Gasteiger partial charge on any atom is 0.338 e. The van der Waals surface area contributed by atoms with Gasteiger partial charge in [-0.2, -0.15) is 0 Å². The number of carbonyl (C=O) groups is 4. The average Bonchev–Trinajstić information content (AvgIpc) is 3.39. The molecule has 0 bridgehead atoms. The van der Waals surface area contributed by atoms with E-state index in [-0.39, 0.29) is 19.4 Å². The van der Waals surface area contributed by atoms with Crippen LogP contribution in [0.2, 0.25) is 0 Å². The highest BCUT2D eigenvalue weighted by atomic mass is 16.6. The fraction of sp³-hybridized carbons (Fsp3) is 0.561. The van der Waals surface area contributed by atoms with Crippen LogP contribution in [0.25, 0.3) is 0 Å². The van der Waals surface area contributed by atoms with Gasteiger partial charge in [-0.05, 0) is 55.5 Å². The topological polar surface area (TPSA) is 198 Å². The lowest BCUT2D eigenvalue weighted by atomic mass is 9.47. The number of benzene rings is 2. The Labute approximate surface area is 314 Å². The Hall–Kier alpha value is -4.14. The molecule has 1 aliphatic heterocycles. The van der Waals surface area contributed by atoms with Gasteiger partial charge in [0.1, 0.15) is 18.3 Å². The molecule has 2 aromatic rings. The standard InChI is InChI=1S/C41H51NO12/c1-21-27(53-37(49)32(46)31(25-14-10-8-11-15-25)42-36(48)26-16-12-9-13-17-26)19-40(38(5,6)50)22(2)34-39(7,35(47)33(30(21)40)52-23(3)43)28(45)18-29-41(34,20-51-29)54-24(4)44/h8-17,22,27-29,31-35,45-47,50H,18-20H2,1-7H3,(H,42,48)/t22-,27-,28-,29+,31-,32+,33-,34-,35-,39+,40+,41-/m0/s1. The van der Waals surface area contributed by atoms with E-state index in [0.717, 1.165) is 0 Å². The number of esters is 3. The van der Waals surface area contributed by atoms with Crippen molar-refractivity contribution in [3.63, 3.8) is 0 Å². The van der Waals surface area contributed by atoms with Gasteiger partial charge in [-0.1, -0.05) is 62.4 Å². The van der Waals surface area contributed by atoms with E-state index in [2.05, 4.69) is 5.32 Å². The van der Waals surface area contributed by atoms with E-state index >= 15 is 0 Å². The van der Waals surface area contributed by atoms with E-state index < -0.39 is 100 Å². The summed E-state index contributed by atoms with van der Waals surface area (Å²) in [7, 11) is 0. The fourth-order valence-corrected chi connectivity index (χ4v) is 10.4. The third-order valence-corrected chi connectivity index (χ3v) is 12.8. The number of carbonyl (C=O) groups excluding carboxylic acids is 4. The molecule has 12 atom stereocenters. The molecule has 6 rings (SSSR count). The fourth-order valence-electron chi connectivity index (χ4n) is 10.4. The summed E-state index contributed by atoms with van der Waals surface area (Å²) in [4.78, 5) is 52.8. The van der Waals surface area contributed by atoms with Gasteiger partial charge in [0.25, 0.3) is 5.91 Å². The largest absolute Gasteiger partial charge is 0.456 e. The van der Waals surface area contributed by atoms with Crippen LogP contribution in [0.4, 0.5) is 0 Å². The molecule has 0 radical (unpaired) electrons. The van der Waals surface area contributed by atoms with Crippen molar-refractivity contribution in [2.24, 2.45) is 22.7 Å². The maximum absolute atomic E-state index is 14.1. The summed E-state index contributed by atoms with van der Waals surface area (Å²) in [6.07, 6.45) is -7.97. The maximum atomic E-state index is 14.1. The first-order valence-electron chi connectivity index (χ1n) is 18.4. The van der Waals surface area contributed by atoms with Crippen LogP contribution >= 0.6 is 0 Å². The number of aliphatic hydroxyl groups is 4. The first-order chi connectivity index (χ1) is 25.3. The van der Waals surface area contributed by atoms with Gasteiger partial charge in [-0.25, -0.2) is 4.79 Å². The molecule has 0 unspecified atom stereocenters. The monoisotopic (exact) mass is 749 g/mol. The van der Waals surface area contributed by atoms with E-state index in [1.807, 2.05) is 6.92 Å². The van der Waals surface area contributed by atoms with Crippen molar-refractivity contribution in [3.8, 4) is 0 Å². The van der Waals surface area contributed by atoms with Gasteiger partial charge in [0.2, 0.25) is 0 Å². The SMILES string of the molecule is CC(=O)O[C@H]1C2=C(C)[C@@H](OC(=O)[C@H](O)[C@@H](NC(=O)c3ccccc3)c3ccccc3)C[C@@]2(C(C)(C)O)[C@@H](C)[C@@H]2[C@]3(OC(C)=O)CO[C@@H]3C[C@H](O)[C@@]2(C)[C@H]1O. The molecule has 54 heavy (non-hydrogen) atoms.